The molecule has 1 aliphatic heterocycles. The molecule has 0 aromatic heterocycles. The van der Waals surface area contributed by atoms with E-state index in [9.17, 15) is 14.4 Å². The Morgan fingerprint density at radius 1 is 1.06 bits per heavy atom. The summed E-state index contributed by atoms with van der Waals surface area (Å²) in [4.78, 5) is 39.3. The number of nitrogens with one attached hydrogen (secondary N) is 1. The molecule has 188 valence electrons. The summed E-state index contributed by atoms with van der Waals surface area (Å²) in [5, 5.41) is 3.26. The van der Waals surface area contributed by atoms with Gasteiger partial charge >= 0.3 is 11.9 Å². The lowest BCUT2D eigenvalue weighted by molar-refractivity contribution is -0.151. The fourth-order valence-electron chi connectivity index (χ4n) is 4.99. The number of methoxy groups -OCH3 is 1. The number of benzene rings is 2. The number of rotatable bonds is 7. The SMILES string of the molecule is CCOC(=O)C1=C(C)NC2=C(C(=O)[C@@H](C(=O)OC)[C@H](C)C2)[C@H]1c1ccc(OCc2ccccc2)cc1. The molecule has 0 amide bonds. The zero-order valence-corrected chi connectivity index (χ0v) is 21.0. The quantitative estimate of drug-likeness (QED) is 0.454. The number of esters is 2. The monoisotopic (exact) mass is 489 g/mol. The summed E-state index contributed by atoms with van der Waals surface area (Å²) in [6.45, 7) is 6.04. The molecule has 36 heavy (non-hydrogen) atoms. The van der Waals surface area contributed by atoms with Crippen LogP contribution in [0, 0.1) is 11.8 Å². The first kappa shape index (κ1) is 25.2. The number of ether oxygens (including phenoxy) is 3. The normalized spacial score (nSPS) is 21.4. The van der Waals surface area contributed by atoms with Crippen LogP contribution < -0.4 is 10.1 Å². The van der Waals surface area contributed by atoms with Gasteiger partial charge in [-0.1, -0.05) is 49.4 Å². The van der Waals surface area contributed by atoms with Gasteiger partial charge in [-0.3, -0.25) is 9.59 Å². The molecule has 1 aliphatic carbocycles. The highest BCUT2D eigenvalue weighted by atomic mass is 16.5. The van der Waals surface area contributed by atoms with Crippen molar-refractivity contribution in [3.63, 3.8) is 0 Å². The molecule has 2 aliphatic rings. The van der Waals surface area contributed by atoms with Crippen LogP contribution in [0.4, 0.5) is 0 Å². The molecule has 0 radical (unpaired) electrons. The third kappa shape index (κ3) is 4.91. The Kier molecular flexibility index (Phi) is 7.58. The lowest BCUT2D eigenvalue weighted by Crippen LogP contribution is -2.43. The number of hydrogen-bond donors (Lipinski definition) is 1. The van der Waals surface area contributed by atoms with E-state index in [1.165, 1.54) is 7.11 Å². The summed E-state index contributed by atoms with van der Waals surface area (Å²) in [6, 6.07) is 17.2. The summed E-state index contributed by atoms with van der Waals surface area (Å²) >= 11 is 0. The lowest BCUT2D eigenvalue weighted by atomic mass is 9.69. The molecule has 3 atom stereocenters. The van der Waals surface area contributed by atoms with Gasteiger partial charge in [0.25, 0.3) is 0 Å². The maximum atomic E-state index is 13.7. The summed E-state index contributed by atoms with van der Waals surface area (Å²) in [5.41, 5.74) is 3.93. The molecular weight excluding hydrogens is 458 g/mol. The number of allylic oxidation sites excluding steroid dienone is 3. The van der Waals surface area contributed by atoms with E-state index in [0.29, 0.717) is 35.6 Å². The van der Waals surface area contributed by atoms with Crippen LogP contribution in [0.1, 0.15) is 44.2 Å². The van der Waals surface area contributed by atoms with Crippen LogP contribution in [0.5, 0.6) is 5.75 Å². The topological polar surface area (TPSA) is 90.9 Å². The highest BCUT2D eigenvalue weighted by Crippen LogP contribution is 2.45. The van der Waals surface area contributed by atoms with Crippen LogP contribution in [0.25, 0.3) is 0 Å². The van der Waals surface area contributed by atoms with Gasteiger partial charge in [-0.15, -0.1) is 0 Å². The molecule has 2 aromatic carbocycles. The van der Waals surface area contributed by atoms with Crippen molar-refractivity contribution >= 4 is 17.7 Å². The number of dihydropyridines is 1. The Morgan fingerprint density at radius 2 is 1.75 bits per heavy atom. The second-order valence-electron chi connectivity index (χ2n) is 9.10. The minimum absolute atomic E-state index is 0.205. The van der Waals surface area contributed by atoms with E-state index in [0.717, 1.165) is 16.8 Å². The van der Waals surface area contributed by atoms with Crippen molar-refractivity contribution in [1.82, 2.24) is 5.32 Å². The molecule has 4 rings (SSSR count). The van der Waals surface area contributed by atoms with Crippen molar-refractivity contribution in [2.24, 2.45) is 11.8 Å². The summed E-state index contributed by atoms with van der Waals surface area (Å²) in [7, 11) is 1.28. The molecule has 0 fully saturated rings. The molecule has 2 aromatic rings. The molecule has 1 heterocycles. The van der Waals surface area contributed by atoms with E-state index < -0.39 is 23.8 Å². The molecular formula is C29H31NO6. The van der Waals surface area contributed by atoms with Gasteiger partial charge in [0.05, 0.1) is 19.3 Å². The fraction of sp³-hybridized carbons (Fsp3) is 0.345. The molecule has 0 bridgehead atoms. The molecule has 0 saturated carbocycles. The van der Waals surface area contributed by atoms with Crippen molar-refractivity contribution in [2.45, 2.75) is 39.7 Å². The standard InChI is InChI=1S/C29H31NO6/c1-5-35-29(33)24-18(3)30-22-15-17(2)23(28(32)34-4)27(31)26(22)25(24)20-11-13-21(14-12-20)36-16-19-9-7-6-8-10-19/h6-14,17,23,25,30H,5,15-16H2,1-4H3/t17-,23+,25+/m1/s1. The Balaban J connectivity index is 1.71. The average Bonchev–Trinajstić information content (AvgIpc) is 2.87. The minimum atomic E-state index is -0.923. The van der Waals surface area contributed by atoms with Gasteiger partial charge in [0.2, 0.25) is 0 Å². The smallest absolute Gasteiger partial charge is 0.336 e. The van der Waals surface area contributed by atoms with Gasteiger partial charge in [0, 0.05) is 22.9 Å². The largest absolute Gasteiger partial charge is 0.489 e. The zero-order valence-electron chi connectivity index (χ0n) is 21.0. The van der Waals surface area contributed by atoms with Crippen LogP contribution in [-0.4, -0.2) is 31.4 Å². The zero-order chi connectivity index (χ0) is 25.8. The number of Topliss-reactive ketones (excluding diaryl/α,β-unsaturated/α-hetero) is 1. The Morgan fingerprint density at radius 3 is 2.39 bits per heavy atom. The van der Waals surface area contributed by atoms with Crippen LogP contribution in [0.15, 0.2) is 77.1 Å². The average molecular weight is 490 g/mol. The first-order valence-corrected chi connectivity index (χ1v) is 12.1. The number of hydrogen-bond acceptors (Lipinski definition) is 7. The van der Waals surface area contributed by atoms with Crippen LogP contribution in [-0.2, 0) is 30.5 Å². The second kappa shape index (κ2) is 10.8. The predicted octanol–water partition coefficient (Wildman–Crippen LogP) is 4.44. The third-order valence-electron chi connectivity index (χ3n) is 6.70. The van der Waals surface area contributed by atoms with Crippen molar-refractivity contribution < 1.29 is 28.6 Å². The maximum Gasteiger partial charge on any atom is 0.336 e. The van der Waals surface area contributed by atoms with Crippen LogP contribution in [0.3, 0.4) is 0 Å². The van der Waals surface area contributed by atoms with Crippen LogP contribution >= 0.6 is 0 Å². The molecule has 1 N–H and O–H groups in total. The fourth-order valence-corrected chi connectivity index (χ4v) is 4.99. The van der Waals surface area contributed by atoms with E-state index in [1.807, 2.05) is 68.4 Å². The summed E-state index contributed by atoms with van der Waals surface area (Å²) in [5.74, 6) is -2.55. The maximum absolute atomic E-state index is 13.7. The predicted molar refractivity (Wildman–Crippen MR) is 134 cm³/mol. The van der Waals surface area contributed by atoms with E-state index in [4.69, 9.17) is 14.2 Å². The Labute approximate surface area is 211 Å². The van der Waals surface area contributed by atoms with Crippen molar-refractivity contribution in [3.8, 4) is 5.75 Å². The van der Waals surface area contributed by atoms with E-state index in [1.54, 1.807) is 6.92 Å². The second-order valence-corrected chi connectivity index (χ2v) is 9.10. The molecule has 0 saturated heterocycles. The lowest BCUT2D eigenvalue weighted by Gasteiger charge is -2.38. The Hall–Kier alpha value is -3.87. The van der Waals surface area contributed by atoms with Crippen LogP contribution in [0.2, 0.25) is 0 Å². The number of carbonyl (C=O) groups excluding carboxylic acids is 3. The Bertz CT molecular complexity index is 1210. The van der Waals surface area contributed by atoms with Gasteiger partial charge in [0.1, 0.15) is 18.3 Å². The first-order valence-electron chi connectivity index (χ1n) is 12.1. The highest BCUT2D eigenvalue weighted by Gasteiger charge is 2.47. The van der Waals surface area contributed by atoms with Gasteiger partial charge in [-0.25, -0.2) is 4.79 Å². The van der Waals surface area contributed by atoms with Crippen molar-refractivity contribution in [2.75, 3.05) is 13.7 Å². The van der Waals surface area contributed by atoms with E-state index in [-0.39, 0.29) is 18.3 Å². The highest BCUT2D eigenvalue weighted by molar-refractivity contribution is 6.12. The summed E-state index contributed by atoms with van der Waals surface area (Å²) < 4.78 is 16.2. The van der Waals surface area contributed by atoms with E-state index in [2.05, 4.69) is 5.32 Å². The number of carbonyl (C=O) groups is 3. The van der Waals surface area contributed by atoms with E-state index >= 15 is 0 Å². The molecule has 7 nitrogen and oxygen atoms in total. The first-order chi connectivity index (χ1) is 17.3. The van der Waals surface area contributed by atoms with Crippen molar-refractivity contribution in [1.29, 1.82) is 0 Å². The molecule has 7 heteroatoms. The van der Waals surface area contributed by atoms with Crippen molar-refractivity contribution in [3.05, 3.63) is 88.3 Å². The van der Waals surface area contributed by atoms with Gasteiger partial charge in [0.15, 0.2) is 5.78 Å². The molecule has 0 spiro atoms. The van der Waals surface area contributed by atoms with Gasteiger partial charge < -0.3 is 19.5 Å². The minimum Gasteiger partial charge on any atom is -0.489 e. The molecule has 0 unspecified atom stereocenters. The summed E-state index contributed by atoms with van der Waals surface area (Å²) in [6.07, 6.45) is 0.489. The number of ketones is 1. The third-order valence-corrected chi connectivity index (χ3v) is 6.70. The van der Waals surface area contributed by atoms with Gasteiger partial charge in [-0.05, 0) is 49.4 Å². The van der Waals surface area contributed by atoms with Gasteiger partial charge in [-0.2, -0.15) is 0 Å².